The zero-order valence-corrected chi connectivity index (χ0v) is 17.1. The molecule has 1 saturated heterocycles. The molecule has 2 aromatic carbocycles. The Morgan fingerprint density at radius 3 is 2.19 bits per heavy atom. The number of hydrogen-bond acceptors (Lipinski definition) is 4. The minimum absolute atomic E-state index is 0.229. The fourth-order valence-electron chi connectivity index (χ4n) is 4.06. The summed E-state index contributed by atoms with van der Waals surface area (Å²) in [5, 5.41) is 0. The zero-order valence-electron chi connectivity index (χ0n) is 15.5. The smallest absolute Gasteiger partial charge is 0.263 e. The van der Waals surface area contributed by atoms with E-state index in [0.717, 1.165) is 36.2 Å². The number of hydrogen-bond donors (Lipinski definition) is 0. The van der Waals surface area contributed by atoms with Crippen molar-refractivity contribution in [3.05, 3.63) is 69.7 Å². The van der Waals surface area contributed by atoms with Gasteiger partial charge in [0.1, 0.15) is 5.66 Å². The molecule has 0 aliphatic carbocycles. The third kappa shape index (κ3) is 2.92. The molecule has 1 fully saturated rings. The summed E-state index contributed by atoms with van der Waals surface area (Å²) in [5.41, 5.74) is 1.05. The van der Waals surface area contributed by atoms with Gasteiger partial charge in [0, 0.05) is 30.7 Å². The Morgan fingerprint density at radius 2 is 1.52 bits per heavy atom. The topological polar surface area (TPSA) is 43.9 Å². The molecule has 2 aromatic rings. The maximum Gasteiger partial charge on any atom is 0.263 e. The molecule has 27 heavy (non-hydrogen) atoms. The molecule has 4 rings (SSSR count). The van der Waals surface area contributed by atoms with Crippen molar-refractivity contribution in [1.29, 1.82) is 0 Å². The first-order chi connectivity index (χ1) is 12.9. The maximum absolute atomic E-state index is 13.3. The maximum atomic E-state index is 13.3. The van der Waals surface area contributed by atoms with E-state index >= 15 is 0 Å². The van der Waals surface area contributed by atoms with Gasteiger partial charge in [0.15, 0.2) is 0 Å². The Kier molecular flexibility index (Phi) is 4.66. The number of piperazine rings is 1. The predicted molar refractivity (Wildman–Crippen MR) is 108 cm³/mol. The second-order valence-corrected chi connectivity index (χ2v) is 8.23. The van der Waals surface area contributed by atoms with Crippen molar-refractivity contribution in [3.8, 4) is 0 Å². The van der Waals surface area contributed by atoms with Gasteiger partial charge in [0.25, 0.3) is 11.8 Å². The highest BCUT2D eigenvalue weighted by Gasteiger charge is 2.50. The summed E-state index contributed by atoms with van der Waals surface area (Å²) in [7, 11) is 2.09. The number of carbonyl (C=O) groups is 2. The van der Waals surface area contributed by atoms with Gasteiger partial charge in [0.2, 0.25) is 0 Å². The van der Waals surface area contributed by atoms with Crippen LogP contribution >= 0.6 is 15.9 Å². The van der Waals surface area contributed by atoms with Crippen LogP contribution in [0.4, 0.5) is 0 Å². The molecule has 140 valence electrons. The van der Waals surface area contributed by atoms with Gasteiger partial charge < -0.3 is 4.90 Å². The lowest BCUT2D eigenvalue weighted by atomic mass is 9.96. The van der Waals surface area contributed by atoms with E-state index < -0.39 is 5.66 Å². The van der Waals surface area contributed by atoms with E-state index in [1.807, 2.05) is 43.3 Å². The first kappa shape index (κ1) is 18.3. The number of halogens is 1. The molecule has 2 heterocycles. The number of carbonyl (C=O) groups excluding carboxylic acids is 2. The summed E-state index contributed by atoms with van der Waals surface area (Å²) < 4.78 is 0.797. The number of fused-ring (bicyclic) bond motifs is 1. The molecule has 5 nitrogen and oxygen atoms in total. The molecule has 2 aliphatic rings. The Bertz CT molecular complexity index is 894. The van der Waals surface area contributed by atoms with E-state index in [1.165, 1.54) is 4.90 Å². The van der Waals surface area contributed by atoms with Gasteiger partial charge in [-0.3, -0.25) is 19.4 Å². The molecular formula is C21H22BrN3O2. The Morgan fingerprint density at radius 1 is 0.889 bits per heavy atom. The van der Waals surface area contributed by atoms with Crippen LogP contribution in [-0.2, 0) is 5.66 Å². The van der Waals surface area contributed by atoms with Crippen LogP contribution in [-0.4, -0.2) is 59.7 Å². The van der Waals surface area contributed by atoms with Crippen LogP contribution in [0.5, 0.6) is 0 Å². The highest BCUT2D eigenvalue weighted by Crippen LogP contribution is 2.39. The predicted octanol–water partition coefficient (Wildman–Crippen LogP) is 3.17. The zero-order chi connectivity index (χ0) is 19.2. The fraction of sp³-hybridized carbons (Fsp3) is 0.333. The van der Waals surface area contributed by atoms with Crippen LogP contribution in [0.3, 0.4) is 0 Å². The molecule has 0 bridgehead atoms. The Hall–Kier alpha value is -2.02. The van der Waals surface area contributed by atoms with E-state index in [9.17, 15) is 9.59 Å². The third-order valence-electron chi connectivity index (χ3n) is 5.72. The first-order valence-corrected chi connectivity index (χ1v) is 9.90. The van der Waals surface area contributed by atoms with Crippen LogP contribution in [0, 0.1) is 0 Å². The molecule has 0 N–H and O–H groups in total. The summed E-state index contributed by atoms with van der Waals surface area (Å²) in [6, 6.07) is 15.1. The van der Waals surface area contributed by atoms with Crippen molar-refractivity contribution >= 4 is 27.7 Å². The fourth-order valence-corrected chi connectivity index (χ4v) is 4.42. The average molecular weight is 428 g/mol. The second kappa shape index (κ2) is 6.86. The van der Waals surface area contributed by atoms with Crippen molar-refractivity contribution in [2.75, 3.05) is 33.2 Å². The summed E-state index contributed by atoms with van der Waals surface area (Å²) >= 11 is 3.41. The summed E-state index contributed by atoms with van der Waals surface area (Å²) in [5.74, 6) is -0.464. The highest BCUT2D eigenvalue weighted by molar-refractivity contribution is 9.10. The molecule has 6 heteroatoms. The second-order valence-electron chi connectivity index (χ2n) is 7.31. The van der Waals surface area contributed by atoms with Crippen molar-refractivity contribution < 1.29 is 9.59 Å². The van der Waals surface area contributed by atoms with E-state index in [4.69, 9.17) is 0 Å². The lowest BCUT2D eigenvalue weighted by Crippen LogP contribution is -2.62. The van der Waals surface area contributed by atoms with E-state index in [-0.39, 0.29) is 11.8 Å². The number of nitrogens with zero attached hydrogens (tertiary/aromatic N) is 3. The van der Waals surface area contributed by atoms with Crippen molar-refractivity contribution in [3.63, 3.8) is 0 Å². The van der Waals surface area contributed by atoms with Gasteiger partial charge in [-0.05, 0) is 37.7 Å². The molecule has 1 atom stereocenters. The molecule has 1 unspecified atom stereocenters. The number of likely N-dealkylation sites (N-methyl/N-ethyl adjacent to an activating group) is 1. The van der Waals surface area contributed by atoms with E-state index in [1.54, 1.807) is 12.1 Å². The minimum atomic E-state index is -0.831. The van der Waals surface area contributed by atoms with Crippen molar-refractivity contribution in [1.82, 2.24) is 14.7 Å². The molecular weight excluding hydrogens is 406 g/mol. The summed E-state index contributed by atoms with van der Waals surface area (Å²) in [6.45, 7) is 5.37. The van der Waals surface area contributed by atoms with Crippen LogP contribution in [0.1, 0.15) is 33.2 Å². The summed E-state index contributed by atoms with van der Waals surface area (Å²) in [4.78, 5) is 32.6. The SMILES string of the molecule is CN1CCN(C(C)(c2ccccc2)N2C(=O)c3ccc(Br)cc3C2=O)CC1. The monoisotopic (exact) mass is 427 g/mol. The lowest BCUT2D eigenvalue weighted by molar-refractivity contribution is -0.0400. The Balaban J connectivity index is 1.83. The van der Waals surface area contributed by atoms with Gasteiger partial charge in [0.05, 0.1) is 11.1 Å². The lowest BCUT2D eigenvalue weighted by Gasteiger charge is -2.49. The molecule has 2 amide bonds. The first-order valence-electron chi connectivity index (χ1n) is 9.10. The normalized spacial score (nSPS) is 20.6. The van der Waals surface area contributed by atoms with Crippen LogP contribution in [0.2, 0.25) is 0 Å². The minimum Gasteiger partial charge on any atom is -0.304 e. The molecule has 0 spiro atoms. The largest absolute Gasteiger partial charge is 0.304 e. The standard InChI is InChI=1S/C21H22BrN3O2/c1-21(15-6-4-3-5-7-15,24-12-10-23(2)11-13-24)25-19(26)17-9-8-16(22)14-18(17)20(25)27/h3-9,14H,10-13H2,1-2H3. The molecule has 0 aromatic heterocycles. The van der Waals surface area contributed by atoms with Crippen molar-refractivity contribution in [2.24, 2.45) is 0 Å². The van der Waals surface area contributed by atoms with Gasteiger partial charge in [-0.2, -0.15) is 0 Å². The van der Waals surface area contributed by atoms with Gasteiger partial charge >= 0.3 is 0 Å². The summed E-state index contributed by atoms with van der Waals surface area (Å²) in [6.07, 6.45) is 0. The number of rotatable bonds is 3. The highest BCUT2D eigenvalue weighted by atomic mass is 79.9. The van der Waals surface area contributed by atoms with E-state index in [0.29, 0.717) is 11.1 Å². The van der Waals surface area contributed by atoms with Gasteiger partial charge in [-0.25, -0.2) is 0 Å². The molecule has 0 radical (unpaired) electrons. The van der Waals surface area contributed by atoms with E-state index in [2.05, 4.69) is 32.8 Å². The average Bonchev–Trinajstić information content (AvgIpc) is 2.93. The van der Waals surface area contributed by atoms with Crippen LogP contribution < -0.4 is 0 Å². The molecule has 0 saturated carbocycles. The van der Waals surface area contributed by atoms with Gasteiger partial charge in [-0.15, -0.1) is 0 Å². The quantitative estimate of drug-likeness (QED) is 0.705. The Labute approximate surface area is 167 Å². The number of imide groups is 1. The van der Waals surface area contributed by atoms with Crippen LogP contribution in [0.25, 0.3) is 0 Å². The third-order valence-corrected chi connectivity index (χ3v) is 6.22. The van der Waals surface area contributed by atoms with Gasteiger partial charge in [-0.1, -0.05) is 46.3 Å². The number of amides is 2. The van der Waals surface area contributed by atoms with Crippen molar-refractivity contribution in [2.45, 2.75) is 12.6 Å². The van der Waals surface area contributed by atoms with Crippen LogP contribution in [0.15, 0.2) is 53.0 Å². The number of benzene rings is 2. The molecule has 2 aliphatic heterocycles.